The van der Waals surface area contributed by atoms with Gasteiger partial charge < -0.3 is 9.88 Å². The average molecular weight is 236 g/mol. The monoisotopic (exact) mass is 236 g/mol. The van der Waals surface area contributed by atoms with E-state index >= 15 is 0 Å². The standard InChI is InChI=1S/C13H24N4/c1-3-11-5-4-6-12(8-7-11)14-9-13-16-15-10-17(13)2/h10-12,14H,3-9H2,1-2H3. The van der Waals surface area contributed by atoms with Gasteiger partial charge in [0.25, 0.3) is 0 Å². The first-order valence-corrected chi connectivity index (χ1v) is 6.85. The van der Waals surface area contributed by atoms with Crippen molar-refractivity contribution in [3.8, 4) is 0 Å². The van der Waals surface area contributed by atoms with E-state index in [-0.39, 0.29) is 0 Å². The van der Waals surface area contributed by atoms with Gasteiger partial charge in [0.15, 0.2) is 0 Å². The number of hydrogen-bond donors (Lipinski definition) is 1. The third-order valence-electron chi connectivity index (χ3n) is 4.02. The molecule has 0 radical (unpaired) electrons. The summed E-state index contributed by atoms with van der Waals surface area (Å²) in [5.74, 6) is 1.98. The highest BCUT2D eigenvalue weighted by molar-refractivity contribution is 4.85. The fourth-order valence-electron chi connectivity index (χ4n) is 2.69. The van der Waals surface area contributed by atoms with Gasteiger partial charge in [-0.25, -0.2) is 0 Å². The summed E-state index contributed by atoms with van der Waals surface area (Å²) in [6.07, 6.45) is 9.90. The van der Waals surface area contributed by atoms with Crippen molar-refractivity contribution in [1.82, 2.24) is 20.1 Å². The minimum absolute atomic E-state index is 0.670. The molecule has 0 aliphatic heterocycles. The zero-order chi connectivity index (χ0) is 12.1. The Kier molecular flexibility index (Phi) is 4.54. The zero-order valence-electron chi connectivity index (χ0n) is 11.0. The predicted octanol–water partition coefficient (Wildman–Crippen LogP) is 2.26. The fraction of sp³-hybridized carbons (Fsp3) is 0.846. The van der Waals surface area contributed by atoms with Crippen molar-refractivity contribution in [3.63, 3.8) is 0 Å². The lowest BCUT2D eigenvalue weighted by atomic mass is 9.98. The molecule has 1 aliphatic carbocycles. The Labute approximate surface area is 104 Å². The van der Waals surface area contributed by atoms with Gasteiger partial charge >= 0.3 is 0 Å². The molecule has 2 unspecified atom stereocenters. The van der Waals surface area contributed by atoms with Gasteiger partial charge in [0, 0.05) is 13.1 Å². The molecule has 17 heavy (non-hydrogen) atoms. The van der Waals surface area contributed by atoms with Gasteiger partial charge in [-0.2, -0.15) is 0 Å². The highest BCUT2D eigenvalue weighted by atomic mass is 15.3. The molecular formula is C13H24N4. The third-order valence-corrected chi connectivity index (χ3v) is 4.02. The fourth-order valence-corrected chi connectivity index (χ4v) is 2.69. The Morgan fingerprint density at radius 3 is 2.94 bits per heavy atom. The topological polar surface area (TPSA) is 42.7 Å². The van der Waals surface area contributed by atoms with Gasteiger partial charge in [-0.1, -0.05) is 26.2 Å². The van der Waals surface area contributed by atoms with Crippen LogP contribution in [0, 0.1) is 5.92 Å². The maximum absolute atomic E-state index is 4.11. The molecule has 0 spiro atoms. The summed E-state index contributed by atoms with van der Waals surface area (Å²) in [6.45, 7) is 3.16. The van der Waals surface area contributed by atoms with Crippen molar-refractivity contribution in [1.29, 1.82) is 0 Å². The second kappa shape index (κ2) is 6.15. The number of rotatable bonds is 4. The molecular weight excluding hydrogens is 212 g/mol. The Balaban J connectivity index is 1.78. The first kappa shape index (κ1) is 12.6. The minimum Gasteiger partial charge on any atom is -0.320 e. The summed E-state index contributed by atoms with van der Waals surface area (Å²) in [7, 11) is 2.00. The van der Waals surface area contributed by atoms with E-state index in [0.29, 0.717) is 6.04 Å². The summed E-state index contributed by atoms with van der Waals surface area (Å²) >= 11 is 0. The van der Waals surface area contributed by atoms with Crippen molar-refractivity contribution in [2.75, 3.05) is 0 Å². The predicted molar refractivity (Wildman–Crippen MR) is 68.5 cm³/mol. The molecule has 1 fully saturated rings. The van der Waals surface area contributed by atoms with E-state index in [2.05, 4.69) is 22.4 Å². The van der Waals surface area contributed by atoms with Crippen LogP contribution in [0.3, 0.4) is 0 Å². The SMILES string of the molecule is CCC1CCCC(NCc2nncn2C)CC1. The Hall–Kier alpha value is -0.900. The number of aryl methyl sites for hydroxylation is 1. The van der Waals surface area contributed by atoms with E-state index in [9.17, 15) is 0 Å². The van der Waals surface area contributed by atoms with Crippen molar-refractivity contribution in [2.45, 2.75) is 58.0 Å². The van der Waals surface area contributed by atoms with Crippen LogP contribution in [0.5, 0.6) is 0 Å². The van der Waals surface area contributed by atoms with Gasteiger partial charge in [-0.05, 0) is 25.2 Å². The second-order valence-corrected chi connectivity index (χ2v) is 5.22. The van der Waals surface area contributed by atoms with Crippen LogP contribution < -0.4 is 5.32 Å². The summed E-state index contributed by atoms with van der Waals surface area (Å²) in [5.41, 5.74) is 0. The van der Waals surface area contributed by atoms with Crippen LogP contribution in [0.2, 0.25) is 0 Å². The zero-order valence-corrected chi connectivity index (χ0v) is 11.0. The highest BCUT2D eigenvalue weighted by Crippen LogP contribution is 2.25. The quantitative estimate of drug-likeness (QED) is 0.815. The van der Waals surface area contributed by atoms with Gasteiger partial charge in [-0.15, -0.1) is 10.2 Å². The van der Waals surface area contributed by atoms with Crippen LogP contribution in [0.4, 0.5) is 0 Å². The van der Waals surface area contributed by atoms with E-state index in [1.807, 2.05) is 11.6 Å². The molecule has 0 bridgehead atoms. The van der Waals surface area contributed by atoms with E-state index in [1.165, 1.54) is 38.5 Å². The smallest absolute Gasteiger partial charge is 0.146 e. The molecule has 0 saturated heterocycles. The van der Waals surface area contributed by atoms with E-state index in [0.717, 1.165) is 18.3 Å². The molecule has 0 aromatic carbocycles. The number of nitrogens with one attached hydrogen (secondary N) is 1. The molecule has 1 N–H and O–H groups in total. The second-order valence-electron chi connectivity index (χ2n) is 5.22. The summed E-state index contributed by atoms with van der Waals surface area (Å²) in [5, 5.41) is 11.6. The molecule has 1 aromatic heterocycles. The lowest BCUT2D eigenvalue weighted by molar-refractivity contribution is 0.421. The molecule has 96 valence electrons. The molecule has 2 rings (SSSR count). The normalized spacial score (nSPS) is 25.8. The highest BCUT2D eigenvalue weighted by Gasteiger charge is 2.17. The van der Waals surface area contributed by atoms with Gasteiger partial charge in [0.1, 0.15) is 12.2 Å². The molecule has 4 nitrogen and oxygen atoms in total. The van der Waals surface area contributed by atoms with E-state index in [4.69, 9.17) is 0 Å². The first-order valence-electron chi connectivity index (χ1n) is 6.85. The number of hydrogen-bond acceptors (Lipinski definition) is 3. The summed E-state index contributed by atoms with van der Waals surface area (Å²) in [4.78, 5) is 0. The largest absolute Gasteiger partial charge is 0.320 e. The summed E-state index contributed by atoms with van der Waals surface area (Å²) in [6, 6.07) is 0.670. The van der Waals surface area contributed by atoms with Crippen molar-refractivity contribution in [3.05, 3.63) is 12.2 Å². The Bertz CT molecular complexity index is 334. The molecule has 0 amide bonds. The molecule has 1 aromatic rings. The summed E-state index contributed by atoms with van der Waals surface area (Å²) < 4.78 is 1.98. The molecule has 2 atom stereocenters. The van der Waals surface area contributed by atoms with E-state index in [1.54, 1.807) is 6.33 Å². The Morgan fingerprint density at radius 1 is 1.35 bits per heavy atom. The van der Waals surface area contributed by atoms with Gasteiger partial charge in [-0.3, -0.25) is 0 Å². The van der Waals surface area contributed by atoms with Crippen LogP contribution in [-0.2, 0) is 13.6 Å². The third kappa shape index (κ3) is 3.53. The molecule has 1 aliphatic rings. The average Bonchev–Trinajstić information content (AvgIpc) is 2.63. The molecule has 1 saturated carbocycles. The first-order chi connectivity index (χ1) is 8.29. The molecule has 4 heteroatoms. The maximum Gasteiger partial charge on any atom is 0.146 e. The van der Waals surface area contributed by atoms with Crippen LogP contribution in [0.1, 0.15) is 51.3 Å². The van der Waals surface area contributed by atoms with Crippen LogP contribution in [0.25, 0.3) is 0 Å². The van der Waals surface area contributed by atoms with E-state index < -0.39 is 0 Å². The van der Waals surface area contributed by atoms with Gasteiger partial charge in [0.2, 0.25) is 0 Å². The van der Waals surface area contributed by atoms with Crippen molar-refractivity contribution in [2.24, 2.45) is 13.0 Å². The minimum atomic E-state index is 0.670. The lowest BCUT2D eigenvalue weighted by Crippen LogP contribution is -2.29. The Morgan fingerprint density at radius 2 is 2.24 bits per heavy atom. The number of aromatic nitrogens is 3. The van der Waals surface area contributed by atoms with Crippen LogP contribution >= 0.6 is 0 Å². The van der Waals surface area contributed by atoms with Gasteiger partial charge in [0.05, 0.1) is 6.54 Å². The lowest BCUT2D eigenvalue weighted by Gasteiger charge is -2.16. The van der Waals surface area contributed by atoms with Crippen molar-refractivity contribution >= 4 is 0 Å². The van der Waals surface area contributed by atoms with Crippen LogP contribution in [-0.4, -0.2) is 20.8 Å². The van der Waals surface area contributed by atoms with Crippen molar-refractivity contribution < 1.29 is 0 Å². The van der Waals surface area contributed by atoms with Crippen LogP contribution in [0.15, 0.2) is 6.33 Å². The molecule has 1 heterocycles. The maximum atomic E-state index is 4.11. The number of nitrogens with zero attached hydrogens (tertiary/aromatic N) is 3.